The molecule has 0 atom stereocenters. The standard InChI is InChI=1S/C19H19N5O3/c1-26-15-4-2-3-5-16(15)27-12-17-22-19(24(23-17)10-11-25)14-7-6-13-8-9-20-18(13)21-14/h2-9,25H,10-12H2,1H3,(H,20,21). The molecule has 8 nitrogen and oxygen atoms in total. The molecule has 138 valence electrons. The van der Waals surface area contributed by atoms with Gasteiger partial charge in [-0.05, 0) is 30.3 Å². The molecule has 0 unspecified atom stereocenters. The zero-order valence-electron chi connectivity index (χ0n) is 14.8. The number of nitrogens with one attached hydrogen (secondary N) is 1. The van der Waals surface area contributed by atoms with Gasteiger partial charge >= 0.3 is 0 Å². The number of hydrogen-bond acceptors (Lipinski definition) is 6. The zero-order chi connectivity index (χ0) is 18.6. The van der Waals surface area contributed by atoms with Gasteiger partial charge in [0.15, 0.2) is 23.1 Å². The molecule has 1 aromatic carbocycles. The van der Waals surface area contributed by atoms with Crippen molar-refractivity contribution in [1.29, 1.82) is 0 Å². The Bertz CT molecular complexity index is 1060. The lowest BCUT2D eigenvalue weighted by atomic mass is 10.3. The smallest absolute Gasteiger partial charge is 0.188 e. The highest BCUT2D eigenvalue weighted by Crippen LogP contribution is 2.26. The minimum Gasteiger partial charge on any atom is -0.493 e. The third-order valence-corrected chi connectivity index (χ3v) is 4.09. The first-order valence-corrected chi connectivity index (χ1v) is 8.53. The second-order valence-electron chi connectivity index (χ2n) is 5.85. The van der Waals surface area contributed by atoms with E-state index < -0.39 is 0 Å². The van der Waals surface area contributed by atoms with Crippen molar-refractivity contribution >= 4 is 11.0 Å². The Hall–Kier alpha value is -3.39. The normalized spacial score (nSPS) is 11.0. The van der Waals surface area contributed by atoms with Gasteiger partial charge in [0.05, 0.1) is 20.3 Å². The van der Waals surface area contributed by atoms with Crippen LogP contribution in [0, 0.1) is 0 Å². The van der Waals surface area contributed by atoms with Crippen molar-refractivity contribution in [3.63, 3.8) is 0 Å². The summed E-state index contributed by atoms with van der Waals surface area (Å²) in [5.74, 6) is 2.34. The van der Waals surface area contributed by atoms with E-state index in [4.69, 9.17) is 9.47 Å². The summed E-state index contributed by atoms with van der Waals surface area (Å²) in [6.45, 7) is 0.450. The van der Waals surface area contributed by atoms with Crippen LogP contribution in [0.15, 0.2) is 48.7 Å². The number of methoxy groups -OCH3 is 1. The van der Waals surface area contributed by atoms with E-state index >= 15 is 0 Å². The number of aromatic amines is 1. The molecule has 0 saturated heterocycles. The molecule has 0 bridgehead atoms. The summed E-state index contributed by atoms with van der Waals surface area (Å²) in [4.78, 5) is 12.2. The SMILES string of the molecule is COc1ccccc1OCc1nc(-c2ccc3cc[nH]c3n2)n(CCO)n1. The van der Waals surface area contributed by atoms with Crippen LogP contribution in [0.3, 0.4) is 0 Å². The van der Waals surface area contributed by atoms with E-state index in [9.17, 15) is 5.11 Å². The van der Waals surface area contributed by atoms with Crippen molar-refractivity contribution in [3.8, 4) is 23.0 Å². The highest BCUT2D eigenvalue weighted by molar-refractivity contribution is 5.77. The number of rotatable bonds is 7. The highest BCUT2D eigenvalue weighted by atomic mass is 16.5. The largest absolute Gasteiger partial charge is 0.493 e. The third-order valence-electron chi connectivity index (χ3n) is 4.09. The van der Waals surface area contributed by atoms with Crippen LogP contribution in [0.25, 0.3) is 22.6 Å². The predicted molar refractivity (Wildman–Crippen MR) is 99.5 cm³/mol. The lowest BCUT2D eigenvalue weighted by molar-refractivity contribution is 0.263. The van der Waals surface area contributed by atoms with E-state index in [1.54, 1.807) is 11.8 Å². The first kappa shape index (κ1) is 17.0. The van der Waals surface area contributed by atoms with Gasteiger partial charge in [-0.3, -0.25) is 0 Å². The van der Waals surface area contributed by atoms with Crippen LogP contribution in [0.5, 0.6) is 11.5 Å². The molecule has 4 aromatic rings. The molecule has 27 heavy (non-hydrogen) atoms. The van der Waals surface area contributed by atoms with Gasteiger partial charge in [-0.25, -0.2) is 14.6 Å². The van der Waals surface area contributed by atoms with E-state index in [-0.39, 0.29) is 13.2 Å². The topological polar surface area (TPSA) is 98.1 Å². The first-order chi connectivity index (χ1) is 13.3. The molecule has 8 heteroatoms. The van der Waals surface area contributed by atoms with Crippen molar-refractivity contribution in [1.82, 2.24) is 24.7 Å². The van der Waals surface area contributed by atoms with Crippen LogP contribution >= 0.6 is 0 Å². The minimum atomic E-state index is -0.0477. The Morgan fingerprint density at radius 3 is 2.74 bits per heavy atom. The fourth-order valence-corrected chi connectivity index (χ4v) is 2.83. The van der Waals surface area contributed by atoms with Gasteiger partial charge in [0.25, 0.3) is 0 Å². The van der Waals surface area contributed by atoms with Gasteiger partial charge in [0.1, 0.15) is 17.9 Å². The van der Waals surface area contributed by atoms with E-state index in [0.29, 0.717) is 35.4 Å². The molecule has 0 amide bonds. The van der Waals surface area contributed by atoms with E-state index in [0.717, 1.165) is 11.0 Å². The Morgan fingerprint density at radius 1 is 1.07 bits per heavy atom. The Morgan fingerprint density at radius 2 is 1.93 bits per heavy atom. The van der Waals surface area contributed by atoms with Crippen LogP contribution < -0.4 is 9.47 Å². The summed E-state index contributed by atoms with van der Waals surface area (Å²) < 4.78 is 12.7. The molecule has 0 spiro atoms. The predicted octanol–water partition coefficient (Wildman–Crippen LogP) is 2.40. The number of para-hydroxylation sites is 2. The Balaban J connectivity index is 1.62. The van der Waals surface area contributed by atoms with E-state index in [1.807, 2.05) is 48.7 Å². The van der Waals surface area contributed by atoms with Gasteiger partial charge in [-0.2, -0.15) is 5.10 Å². The fraction of sp³-hybridized carbons (Fsp3) is 0.211. The summed E-state index contributed by atoms with van der Waals surface area (Å²) >= 11 is 0. The van der Waals surface area contributed by atoms with Gasteiger partial charge in [-0.1, -0.05) is 12.1 Å². The van der Waals surface area contributed by atoms with Crippen molar-refractivity contribution in [2.75, 3.05) is 13.7 Å². The Kier molecular flexibility index (Phi) is 4.71. The number of ether oxygens (including phenoxy) is 2. The first-order valence-electron chi connectivity index (χ1n) is 8.53. The maximum atomic E-state index is 9.35. The molecule has 3 heterocycles. The number of hydrogen-bond donors (Lipinski definition) is 2. The summed E-state index contributed by atoms with van der Waals surface area (Å²) in [7, 11) is 1.59. The molecule has 0 aliphatic heterocycles. The van der Waals surface area contributed by atoms with E-state index in [2.05, 4.69) is 20.1 Å². The zero-order valence-corrected chi connectivity index (χ0v) is 14.8. The fourth-order valence-electron chi connectivity index (χ4n) is 2.83. The highest BCUT2D eigenvalue weighted by Gasteiger charge is 2.15. The number of pyridine rings is 1. The molecule has 3 aromatic heterocycles. The molecule has 0 aliphatic rings. The second kappa shape index (κ2) is 7.46. The molecular weight excluding hydrogens is 346 g/mol. The number of aliphatic hydroxyl groups is 1. The van der Waals surface area contributed by atoms with Gasteiger partial charge in [0.2, 0.25) is 0 Å². The lowest BCUT2D eigenvalue weighted by Crippen LogP contribution is -2.07. The number of aromatic nitrogens is 5. The summed E-state index contributed by atoms with van der Waals surface area (Å²) in [6.07, 6.45) is 1.84. The summed E-state index contributed by atoms with van der Waals surface area (Å²) in [6, 6.07) is 13.2. The van der Waals surface area contributed by atoms with Gasteiger partial charge in [-0.15, -0.1) is 0 Å². The van der Waals surface area contributed by atoms with Crippen LogP contribution in [0.2, 0.25) is 0 Å². The molecule has 2 N–H and O–H groups in total. The number of aliphatic hydroxyl groups excluding tert-OH is 1. The van der Waals surface area contributed by atoms with Gasteiger partial charge in [0, 0.05) is 11.6 Å². The molecule has 0 saturated carbocycles. The third kappa shape index (κ3) is 3.47. The van der Waals surface area contributed by atoms with Crippen LogP contribution in [0.4, 0.5) is 0 Å². The molecule has 0 aliphatic carbocycles. The van der Waals surface area contributed by atoms with Crippen LogP contribution in [0.1, 0.15) is 5.82 Å². The van der Waals surface area contributed by atoms with Gasteiger partial charge < -0.3 is 19.6 Å². The molecular formula is C19H19N5O3. The monoisotopic (exact) mass is 365 g/mol. The van der Waals surface area contributed by atoms with Crippen LogP contribution in [-0.4, -0.2) is 43.6 Å². The number of benzene rings is 1. The Labute approximate surface area is 155 Å². The molecule has 0 fully saturated rings. The lowest BCUT2D eigenvalue weighted by Gasteiger charge is -2.08. The molecule has 0 radical (unpaired) electrons. The average molecular weight is 365 g/mol. The minimum absolute atomic E-state index is 0.0477. The van der Waals surface area contributed by atoms with Crippen molar-refractivity contribution in [2.45, 2.75) is 13.2 Å². The quantitative estimate of drug-likeness (QED) is 0.522. The molecule has 4 rings (SSSR count). The maximum Gasteiger partial charge on any atom is 0.188 e. The summed E-state index contributed by atoms with van der Waals surface area (Å²) in [5, 5.41) is 14.8. The number of nitrogens with zero attached hydrogens (tertiary/aromatic N) is 4. The van der Waals surface area contributed by atoms with Crippen LogP contribution in [-0.2, 0) is 13.2 Å². The number of fused-ring (bicyclic) bond motifs is 1. The van der Waals surface area contributed by atoms with Crippen molar-refractivity contribution < 1.29 is 14.6 Å². The second-order valence-corrected chi connectivity index (χ2v) is 5.85. The number of H-pyrrole nitrogens is 1. The van der Waals surface area contributed by atoms with Crippen molar-refractivity contribution in [3.05, 3.63) is 54.5 Å². The average Bonchev–Trinajstić information content (AvgIpc) is 3.33. The maximum absolute atomic E-state index is 9.35. The summed E-state index contributed by atoms with van der Waals surface area (Å²) in [5.41, 5.74) is 1.45. The van der Waals surface area contributed by atoms with Crippen molar-refractivity contribution in [2.24, 2.45) is 0 Å². The van der Waals surface area contributed by atoms with E-state index in [1.165, 1.54) is 0 Å².